The van der Waals surface area contributed by atoms with Crippen LogP contribution in [0.5, 0.6) is 0 Å². The second-order valence-corrected chi connectivity index (χ2v) is 6.04. The molecular formula is C14H13IO2S. The van der Waals surface area contributed by atoms with Gasteiger partial charge < -0.3 is 4.74 Å². The van der Waals surface area contributed by atoms with Gasteiger partial charge in [0.25, 0.3) is 0 Å². The van der Waals surface area contributed by atoms with E-state index in [1.807, 2.05) is 12.1 Å². The first-order valence-electron chi connectivity index (χ1n) is 5.59. The second kappa shape index (κ2) is 6.43. The summed E-state index contributed by atoms with van der Waals surface area (Å²) in [5.41, 5.74) is 0. The van der Waals surface area contributed by atoms with Crippen LogP contribution in [-0.4, -0.2) is 18.8 Å². The van der Waals surface area contributed by atoms with Gasteiger partial charge in [-0.15, -0.1) is 11.8 Å². The molecule has 0 atom stereocenters. The normalized spacial score (nSPS) is 10.6. The molecule has 0 spiro atoms. The number of rotatable bonds is 4. The minimum atomic E-state index is -0.155. The number of fused-ring (bicyclic) bond motifs is 1. The van der Waals surface area contributed by atoms with Gasteiger partial charge in [0.05, 0.1) is 13.5 Å². The number of methoxy groups -OCH3 is 1. The average molecular weight is 372 g/mol. The molecule has 2 nitrogen and oxygen atoms in total. The highest BCUT2D eigenvalue weighted by Crippen LogP contribution is 2.32. The van der Waals surface area contributed by atoms with Gasteiger partial charge in [0.15, 0.2) is 0 Å². The second-order valence-electron chi connectivity index (χ2n) is 3.77. The van der Waals surface area contributed by atoms with Gasteiger partial charge in [-0.2, -0.15) is 0 Å². The quantitative estimate of drug-likeness (QED) is 0.459. The predicted molar refractivity (Wildman–Crippen MR) is 84.0 cm³/mol. The molecule has 0 aliphatic carbocycles. The first-order chi connectivity index (χ1) is 8.72. The molecule has 2 rings (SSSR count). The van der Waals surface area contributed by atoms with Crippen molar-refractivity contribution in [1.29, 1.82) is 0 Å². The van der Waals surface area contributed by atoms with Gasteiger partial charge in [-0.25, -0.2) is 0 Å². The van der Waals surface area contributed by atoms with E-state index in [0.29, 0.717) is 6.42 Å². The predicted octanol–water partition coefficient (Wildman–Crippen LogP) is 4.10. The number of hydrogen-bond donors (Lipinski definition) is 0. The number of ether oxygens (including phenoxy) is 1. The minimum absolute atomic E-state index is 0.155. The number of carbonyl (C=O) groups excluding carboxylic acids is 1. The van der Waals surface area contributed by atoms with Gasteiger partial charge in [0.2, 0.25) is 0 Å². The molecule has 0 radical (unpaired) electrons. The van der Waals surface area contributed by atoms with Crippen LogP contribution in [0.2, 0.25) is 0 Å². The lowest BCUT2D eigenvalue weighted by Gasteiger charge is -2.08. The van der Waals surface area contributed by atoms with Crippen molar-refractivity contribution in [2.24, 2.45) is 0 Å². The summed E-state index contributed by atoms with van der Waals surface area (Å²) in [6.07, 6.45) is 0.445. The van der Waals surface area contributed by atoms with Crippen molar-refractivity contribution >= 4 is 51.1 Å². The molecule has 0 amide bonds. The average Bonchev–Trinajstić information content (AvgIpc) is 2.41. The molecule has 2 aromatic carbocycles. The fraction of sp³-hybridized carbons (Fsp3) is 0.214. The van der Waals surface area contributed by atoms with Crippen LogP contribution in [0.3, 0.4) is 0 Å². The first kappa shape index (κ1) is 13.7. The van der Waals surface area contributed by atoms with Crippen LogP contribution in [0.25, 0.3) is 10.8 Å². The van der Waals surface area contributed by atoms with E-state index >= 15 is 0 Å². The number of benzene rings is 2. The molecule has 94 valence electrons. The molecule has 0 unspecified atom stereocenters. The Bertz CT molecular complexity index is 569. The third-order valence-corrected chi connectivity index (χ3v) is 5.01. The van der Waals surface area contributed by atoms with Crippen molar-refractivity contribution in [2.45, 2.75) is 11.3 Å². The van der Waals surface area contributed by atoms with Crippen molar-refractivity contribution in [3.05, 3.63) is 40.0 Å². The molecule has 0 N–H and O–H groups in total. The number of halogens is 1. The number of hydrogen-bond acceptors (Lipinski definition) is 3. The van der Waals surface area contributed by atoms with Gasteiger partial charge >= 0.3 is 5.97 Å². The van der Waals surface area contributed by atoms with Gasteiger partial charge in [-0.3, -0.25) is 4.79 Å². The van der Waals surface area contributed by atoms with Gasteiger partial charge in [-0.1, -0.05) is 30.3 Å². The molecule has 0 bridgehead atoms. The summed E-state index contributed by atoms with van der Waals surface area (Å²) in [5, 5.41) is 2.48. The monoisotopic (exact) mass is 372 g/mol. The maximum atomic E-state index is 11.1. The molecule has 18 heavy (non-hydrogen) atoms. The fourth-order valence-electron chi connectivity index (χ4n) is 1.70. The van der Waals surface area contributed by atoms with Crippen LogP contribution in [0, 0.1) is 3.57 Å². The van der Waals surface area contributed by atoms with Crippen LogP contribution in [-0.2, 0) is 9.53 Å². The fourth-order valence-corrected chi connectivity index (χ4v) is 3.66. The van der Waals surface area contributed by atoms with Crippen LogP contribution < -0.4 is 0 Å². The molecule has 0 aliphatic heterocycles. The Morgan fingerprint density at radius 3 is 2.83 bits per heavy atom. The Hall–Kier alpha value is -0.750. The topological polar surface area (TPSA) is 26.3 Å². The first-order valence-corrected chi connectivity index (χ1v) is 7.65. The highest BCUT2D eigenvalue weighted by atomic mass is 127. The maximum absolute atomic E-state index is 11.1. The highest BCUT2D eigenvalue weighted by molar-refractivity contribution is 14.1. The molecule has 2 aromatic rings. The van der Waals surface area contributed by atoms with E-state index in [4.69, 9.17) is 0 Å². The number of carbonyl (C=O) groups is 1. The molecule has 0 aliphatic rings. The highest BCUT2D eigenvalue weighted by Gasteiger charge is 2.07. The molecule has 4 heteroatoms. The van der Waals surface area contributed by atoms with E-state index in [9.17, 15) is 4.79 Å². The summed E-state index contributed by atoms with van der Waals surface area (Å²) in [7, 11) is 1.43. The third-order valence-electron chi connectivity index (χ3n) is 2.61. The Morgan fingerprint density at radius 1 is 1.28 bits per heavy atom. The largest absolute Gasteiger partial charge is 0.469 e. The summed E-state index contributed by atoms with van der Waals surface area (Å²) in [5.74, 6) is 0.592. The van der Waals surface area contributed by atoms with Gasteiger partial charge in [0, 0.05) is 14.2 Å². The minimum Gasteiger partial charge on any atom is -0.469 e. The van der Waals surface area contributed by atoms with E-state index in [2.05, 4.69) is 51.6 Å². The van der Waals surface area contributed by atoms with Crippen molar-refractivity contribution in [3.63, 3.8) is 0 Å². The zero-order valence-electron chi connectivity index (χ0n) is 9.98. The lowest BCUT2D eigenvalue weighted by Crippen LogP contribution is -2.01. The molecule has 0 fully saturated rings. The Morgan fingerprint density at radius 2 is 2.06 bits per heavy atom. The number of esters is 1. The lowest BCUT2D eigenvalue weighted by molar-refractivity contribution is -0.140. The molecular weight excluding hydrogens is 359 g/mol. The van der Waals surface area contributed by atoms with Gasteiger partial charge in [0.1, 0.15) is 0 Å². The van der Waals surface area contributed by atoms with E-state index in [1.165, 1.54) is 26.3 Å². The smallest absolute Gasteiger partial charge is 0.306 e. The van der Waals surface area contributed by atoms with Gasteiger partial charge in [-0.05, 0) is 39.4 Å². The molecule has 0 saturated carbocycles. The van der Waals surface area contributed by atoms with Crippen LogP contribution >= 0.6 is 34.4 Å². The molecule has 0 heterocycles. The SMILES string of the molecule is COC(=O)CCSc1c(I)ccc2ccccc12. The number of thioether (sulfide) groups is 1. The molecule has 0 aromatic heterocycles. The van der Waals surface area contributed by atoms with E-state index in [-0.39, 0.29) is 5.97 Å². The Kier molecular flexibility index (Phi) is 4.88. The lowest BCUT2D eigenvalue weighted by atomic mass is 10.1. The van der Waals surface area contributed by atoms with Crippen LogP contribution in [0.4, 0.5) is 0 Å². The van der Waals surface area contributed by atoms with Crippen molar-refractivity contribution in [2.75, 3.05) is 12.9 Å². The standard InChI is InChI=1S/C14H13IO2S/c1-17-13(16)8-9-18-14-11-5-3-2-4-10(11)6-7-12(14)15/h2-7H,8-9H2,1H3. The summed E-state index contributed by atoms with van der Waals surface area (Å²) >= 11 is 4.05. The van der Waals surface area contributed by atoms with Crippen LogP contribution in [0.15, 0.2) is 41.3 Å². The zero-order chi connectivity index (χ0) is 13.0. The molecule has 0 saturated heterocycles. The Balaban J connectivity index is 2.21. The van der Waals surface area contributed by atoms with Crippen molar-refractivity contribution < 1.29 is 9.53 Å². The van der Waals surface area contributed by atoms with E-state index in [1.54, 1.807) is 11.8 Å². The Labute approximate surface area is 124 Å². The third kappa shape index (κ3) is 3.17. The summed E-state index contributed by atoms with van der Waals surface area (Å²) in [6, 6.07) is 12.6. The van der Waals surface area contributed by atoms with Crippen molar-refractivity contribution in [1.82, 2.24) is 0 Å². The summed E-state index contributed by atoms with van der Waals surface area (Å²) in [4.78, 5) is 12.4. The van der Waals surface area contributed by atoms with Crippen LogP contribution in [0.1, 0.15) is 6.42 Å². The zero-order valence-corrected chi connectivity index (χ0v) is 13.0. The van der Waals surface area contributed by atoms with Crippen molar-refractivity contribution in [3.8, 4) is 0 Å². The summed E-state index contributed by atoms with van der Waals surface area (Å²) in [6.45, 7) is 0. The van der Waals surface area contributed by atoms with E-state index in [0.717, 1.165) is 5.75 Å². The summed E-state index contributed by atoms with van der Waals surface area (Å²) < 4.78 is 5.88. The van der Waals surface area contributed by atoms with E-state index < -0.39 is 0 Å². The maximum Gasteiger partial charge on any atom is 0.306 e.